The number of Topliss-reactive ketones (excluding diaryl/α,β-unsaturated/α-hetero) is 3. The first kappa shape index (κ1) is 31.8. The smallest absolute Gasteiger partial charge is 0.230 e. The van der Waals surface area contributed by atoms with Crippen LogP contribution >= 0.6 is 0 Å². The summed E-state index contributed by atoms with van der Waals surface area (Å²) in [4.78, 5) is 52.6. The van der Waals surface area contributed by atoms with Crippen molar-refractivity contribution in [2.24, 2.45) is 40.2 Å². The molecule has 5 rings (SSSR count). The molecule has 236 valence electrons. The third-order valence-electron chi connectivity index (χ3n) is 10.7. The molecule has 2 aromatic carbocycles. The van der Waals surface area contributed by atoms with Crippen LogP contribution in [0, 0.1) is 34.5 Å². The van der Waals surface area contributed by atoms with Crippen LogP contribution in [0.25, 0.3) is 11.1 Å². The number of fused-ring (bicyclic) bond motifs is 3. The molecule has 0 saturated heterocycles. The standard InChI is InChI=1S/C34H41NO9/c1-15(2)25-28(39)24(31(35)42)29(40)34(43)30(41)26-27(38)23-20(13-32(26,4)14-33(25,34)5)18(8-9-21(23)37)19-12-17(11-16(3)36)7-10-22(19)44-6/h7-10,12,15,24-26,28,30,37,39,41,43H,11,13-14H2,1-6H3,(H2,35,42)/t24-,25+,26-,28?,30?,32-,33-,34+/m1/s1. The van der Waals surface area contributed by atoms with Gasteiger partial charge in [-0.15, -0.1) is 0 Å². The molecule has 1 amide bonds. The number of methoxy groups -OCH3 is 1. The largest absolute Gasteiger partial charge is 0.507 e. The minimum Gasteiger partial charge on any atom is -0.507 e. The maximum atomic E-state index is 14.4. The van der Waals surface area contributed by atoms with Crippen molar-refractivity contribution in [3.8, 4) is 22.6 Å². The normalized spacial score (nSPS) is 34.6. The molecule has 2 aromatic rings. The first-order valence-corrected chi connectivity index (χ1v) is 14.9. The lowest BCUT2D eigenvalue weighted by Crippen LogP contribution is -2.79. The van der Waals surface area contributed by atoms with E-state index >= 15 is 0 Å². The molecule has 10 heteroatoms. The molecule has 0 bridgehead atoms. The van der Waals surface area contributed by atoms with Crippen molar-refractivity contribution in [2.45, 2.75) is 71.7 Å². The van der Waals surface area contributed by atoms with Crippen LogP contribution < -0.4 is 10.5 Å². The molecule has 2 fully saturated rings. The van der Waals surface area contributed by atoms with Crippen LogP contribution in [0.15, 0.2) is 30.3 Å². The molecular formula is C34H41NO9. The fourth-order valence-electron chi connectivity index (χ4n) is 9.15. The van der Waals surface area contributed by atoms with Gasteiger partial charge < -0.3 is 30.9 Å². The fourth-order valence-corrected chi connectivity index (χ4v) is 9.15. The third kappa shape index (κ3) is 4.25. The van der Waals surface area contributed by atoms with E-state index in [4.69, 9.17) is 10.5 Å². The van der Waals surface area contributed by atoms with Crippen molar-refractivity contribution in [1.82, 2.24) is 0 Å². The van der Waals surface area contributed by atoms with Crippen molar-refractivity contribution in [2.75, 3.05) is 7.11 Å². The topological polar surface area (TPSA) is 184 Å². The number of hydrogen-bond donors (Lipinski definition) is 5. The summed E-state index contributed by atoms with van der Waals surface area (Å²) in [6, 6.07) is 8.40. The van der Waals surface area contributed by atoms with E-state index in [1.807, 2.05) is 6.07 Å². The Balaban J connectivity index is 1.73. The Morgan fingerprint density at radius 2 is 1.75 bits per heavy atom. The van der Waals surface area contributed by atoms with Gasteiger partial charge in [0.05, 0.1) is 24.7 Å². The summed E-state index contributed by atoms with van der Waals surface area (Å²) in [5.41, 5.74) is 2.88. The highest BCUT2D eigenvalue weighted by Gasteiger charge is 2.75. The number of aliphatic hydroxyl groups excluding tert-OH is 2. The summed E-state index contributed by atoms with van der Waals surface area (Å²) in [6.07, 6.45) is -3.06. The number of ketones is 3. The number of phenols is 1. The van der Waals surface area contributed by atoms with Crippen molar-refractivity contribution < 1.29 is 44.3 Å². The first-order chi connectivity index (χ1) is 20.4. The molecule has 10 nitrogen and oxygen atoms in total. The molecule has 8 atom stereocenters. The molecule has 0 aromatic heterocycles. The second kappa shape index (κ2) is 10.5. The van der Waals surface area contributed by atoms with Gasteiger partial charge in [-0.1, -0.05) is 39.8 Å². The van der Waals surface area contributed by atoms with Crippen LogP contribution in [-0.4, -0.2) is 68.6 Å². The molecule has 0 spiro atoms. The van der Waals surface area contributed by atoms with Gasteiger partial charge >= 0.3 is 0 Å². The SMILES string of the molecule is COc1ccc(CC(C)=O)cc1-c1ccc(O)c2c1C[C@]1(C)C[C@]3(C)[C@@H](C(C)C)C(O)[C@@H](C(N)=O)C(=O)[C@]3(O)C(O)[C@H]1C2=O. The minimum atomic E-state index is -2.57. The van der Waals surface area contributed by atoms with Crippen LogP contribution in [0.4, 0.5) is 0 Å². The number of primary amides is 1. The highest BCUT2D eigenvalue weighted by Crippen LogP contribution is 2.66. The lowest BCUT2D eigenvalue weighted by atomic mass is 9.39. The predicted octanol–water partition coefficient (Wildman–Crippen LogP) is 2.38. The Hall–Kier alpha value is -3.60. The summed E-state index contributed by atoms with van der Waals surface area (Å²) < 4.78 is 5.64. The number of nitrogens with two attached hydrogens (primary N) is 1. The van der Waals surface area contributed by atoms with Gasteiger partial charge in [-0.3, -0.25) is 19.2 Å². The summed E-state index contributed by atoms with van der Waals surface area (Å²) in [6.45, 7) is 8.51. The van der Waals surface area contributed by atoms with Crippen molar-refractivity contribution in [1.29, 1.82) is 0 Å². The number of carbonyl (C=O) groups is 4. The van der Waals surface area contributed by atoms with Gasteiger partial charge in [0.1, 0.15) is 29.3 Å². The molecule has 3 aliphatic carbocycles. The average molecular weight is 608 g/mol. The summed E-state index contributed by atoms with van der Waals surface area (Å²) >= 11 is 0. The van der Waals surface area contributed by atoms with Crippen molar-refractivity contribution in [3.05, 3.63) is 47.0 Å². The van der Waals surface area contributed by atoms with E-state index in [1.165, 1.54) is 20.1 Å². The summed E-state index contributed by atoms with van der Waals surface area (Å²) in [5.74, 6) is -6.98. The van der Waals surface area contributed by atoms with Crippen LogP contribution in [0.3, 0.4) is 0 Å². The molecular weight excluding hydrogens is 566 g/mol. The second-order valence-electron chi connectivity index (χ2n) is 13.9. The predicted molar refractivity (Wildman–Crippen MR) is 160 cm³/mol. The van der Waals surface area contributed by atoms with E-state index in [0.29, 0.717) is 22.4 Å². The highest BCUT2D eigenvalue weighted by molar-refractivity contribution is 6.09. The minimum absolute atomic E-state index is 0.0289. The Morgan fingerprint density at radius 1 is 1.09 bits per heavy atom. The first-order valence-electron chi connectivity index (χ1n) is 14.9. The zero-order chi connectivity index (χ0) is 32.7. The Kier molecular flexibility index (Phi) is 7.59. The lowest BCUT2D eigenvalue weighted by Gasteiger charge is -2.66. The Bertz CT molecular complexity index is 1580. The fraction of sp³-hybridized carbons (Fsp3) is 0.529. The van der Waals surface area contributed by atoms with Crippen LogP contribution in [0.5, 0.6) is 11.5 Å². The van der Waals surface area contributed by atoms with E-state index < -0.39 is 63.9 Å². The van der Waals surface area contributed by atoms with Gasteiger partial charge in [-0.2, -0.15) is 0 Å². The number of rotatable bonds is 6. The van der Waals surface area contributed by atoms with E-state index in [0.717, 1.165) is 5.56 Å². The van der Waals surface area contributed by atoms with Gasteiger partial charge in [-0.25, -0.2) is 0 Å². The van der Waals surface area contributed by atoms with Crippen LogP contribution in [0.2, 0.25) is 0 Å². The second-order valence-corrected chi connectivity index (χ2v) is 13.9. The number of aliphatic hydroxyl groups is 3. The number of hydrogen-bond acceptors (Lipinski definition) is 9. The number of phenolic OH excluding ortho intramolecular Hbond substituents is 1. The monoisotopic (exact) mass is 607 g/mol. The molecule has 3 aliphatic rings. The molecule has 2 unspecified atom stereocenters. The van der Waals surface area contributed by atoms with Crippen LogP contribution in [-0.2, 0) is 27.2 Å². The lowest BCUT2D eigenvalue weighted by molar-refractivity contribution is -0.265. The quantitative estimate of drug-likeness (QED) is 0.308. The average Bonchev–Trinajstić information content (AvgIpc) is 2.90. The van der Waals surface area contributed by atoms with Gasteiger partial charge in [-0.05, 0) is 71.9 Å². The Morgan fingerprint density at radius 3 is 2.32 bits per heavy atom. The van der Waals surface area contributed by atoms with Gasteiger partial charge in [0, 0.05) is 17.4 Å². The van der Waals surface area contributed by atoms with Crippen LogP contribution in [0.1, 0.15) is 62.5 Å². The zero-order valence-corrected chi connectivity index (χ0v) is 25.9. The molecule has 2 saturated carbocycles. The van der Waals surface area contributed by atoms with Gasteiger partial charge in [0.15, 0.2) is 17.2 Å². The molecule has 44 heavy (non-hydrogen) atoms. The van der Waals surface area contributed by atoms with E-state index in [9.17, 15) is 39.6 Å². The number of amides is 1. The highest BCUT2D eigenvalue weighted by atomic mass is 16.5. The zero-order valence-electron chi connectivity index (χ0n) is 25.9. The molecule has 0 aliphatic heterocycles. The van der Waals surface area contributed by atoms with E-state index in [1.54, 1.807) is 45.9 Å². The summed E-state index contributed by atoms with van der Waals surface area (Å²) in [7, 11) is 1.51. The number of aromatic hydroxyl groups is 1. The third-order valence-corrected chi connectivity index (χ3v) is 10.7. The van der Waals surface area contributed by atoms with Crippen molar-refractivity contribution in [3.63, 3.8) is 0 Å². The number of ether oxygens (including phenoxy) is 1. The maximum absolute atomic E-state index is 14.4. The number of carbonyl (C=O) groups excluding carboxylic acids is 4. The summed E-state index contributed by atoms with van der Waals surface area (Å²) in [5, 5.41) is 46.6. The molecule has 6 N–H and O–H groups in total. The van der Waals surface area contributed by atoms with E-state index in [-0.39, 0.29) is 42.3 Å². The van der Waals surface area contributed by atoms with Gasteiger partial charge in [0.25, 0.3) is 0 Å². The van der Waals surface area contributed by atoms with Crippen molar-refractivity contribution >= 4 is 23.3 Å². The Labute approximate surface area is 256 Å². The molecule has 0 radical (unpaired) electrons. The maximum Gasteiger partial charge on any atom is 0.230 e. The van der Waals surface area contributed by atoms with E-state index in [2.05, 4.69) is 0 Å². The van der Waals surface area contributed by atoms with Gasteiger partial charge in [0.2, 0.25) is 5.91 Å². The number of benzene rings is 2. The molecule has 0 heterocycles.